The predicted molar refractivity (Wildman–Crippen MR) is 104 cm³/mol. The number of hydrogen-bond donors (Lipinski definition) is 6. The van der Waals surface area contributed by atoms with Gasteiger partial charge in [-0.2, -0.15) is 0 Å². The molecule has 0 atom stereocenters. The van der Waals surface area contributed by atoms with Crippen LogP contribution in [-0.2, 0) is 0 Å². The van der Waals surface area contributed by atoms with Gasteiger partial charge in [0.25, 0.3) is 5.56 Å². The van der Waals surface area contributed by atoms with Gasteiger partial charge in [-0.25, -0.2) is 9.59 Å². The van der Waals surface area contributed by atoms with Gasteiger partial charge < -0.3 is 35.7 Å². The molecule has 0 radical (unpaired) electrons. The number of aromatic amines is 1. The van der Waals surface area contributed by atoms with Crippen LogP contribution in [0.3, 0.4) is 0 Å². The Bertz CT molecular complexity index is 1020. The smallest absolute Gasteiger partial charge is 0.490 e. The lowest BCUT2D eigenvalue weighted by molar-refractivity contribution is 0.0695. The molecule has 1 aromatic carbocycles. The Balaban J connectivity index is 2.97. The van der Waals surface area contributed by atoms with E-state index in [1.54, 1.807) is 13.8 Å². The third kappa shape index (κ3) is 4.03. The summed E-state index contributed by atoms with van der Waals surface area (Å²) in [6.07, 6.45) is -0.334. The fourth-order valence-corrected chi connectivity index (χ4v) is 3.22. The first-order valence-electron chi connectivity index (χ1n) is 7.84. The molecule has 0 aliphatic rings. The molecule has 148 valence electrons. The lowest BCUT2D eigenvalue weighted by Gasteiger charge is -2.19. The average Bonchev–Trinajstić information content (AvgIpc) is 2.54. The Morgan fingerprint density at radius 1 is 1.18 bits per heavy atom. The first-order valence-corrected chi connectivity index (χ1v) is 8.63. The number of carboxylic acid groups (broad SMARTS) is 2. The van der Waals surface area contributed by atoms with Crippen LogP contribution in [0.5, 0.6) is 5.75 Å². The molecule has 28 heavy (non-hydrogen) atoms. The zero-order valence-electron chi connectivity index (χ0n) is 14.7. The highest BCUT2D eigenvalue weighted by atomic mass is 79.9. The van der Waals surface area contributed by atoms with E-state index in [1.807, 2.05) is 4.98 Å². The van der Waals surface area contributed by atoms with Gasteiger partial charge in [-0.3, -0.25) is 4.79 Å². The molecule has 0 amide bonds. The van der Waals surface area contributed by atoms with Crippen LogP contribution in [0.4, 0.5) is 5.82 Å². The standard InChI is InChI=1S/C16H16BBrN2O8/c1-5(2)28-12-7(17(26)27)3-6(4-8(12)18)9-10(15(22)23)13(19)20-14(21)11(9)16(24)25/h3-5,26-27H,1-2H3,(H,22,23)(H,24,25)(H3,19,20,21). The van der Waals surface area contributed by atoms with Crippen molar-refractivity contribution >= 4 is 46.3 Å². The molecule has 0 unspecified atom stereocenters. The number of nitrogen functional groups attached to an aromatic ring is 1. The third-order valence-corrected chi connectivity index (χ3v) is 4.25. The quantitative estimate of drug-likeness (QED) is 0.333. The summed E-state index contributed by atoms with van der Waals surface area (Å²) in [6.45, 7) is 3.41. The third-order valence-electron chi connectivity index (χ3n) is 3.67. The fourth-order valence-electron chi connectivity index (χ4n) is 2.65. The summed E-state index contributed by atoms with van der Waals surface area (Å²) in [6, 6.07) is 2.43. The average molecular weight is 455 g/mol. The van der Waals surface area contributed by atoms with Gasteiger partial charge >= 0.3 is 19.1 Å². The molecule has 1 aromatic heterocycles. The van der Waals surface area contributed by atoms with E-state index in [1.165, 1.54) is 6.07 Å². The maximum atomic E-state index is 12.1. The number of nitrogens with one attached hydrogen (secondary N) is 1. The molecule has 1 heterocycles. The van der Waals surface area contributed by atoms with Gasteiger partial charge in [0.2, 0.25) is 0 Å². The van der Waals surface area contributed by atoms with Gasteiger partial charge in [0, 0.05) is 11.0 Å². The number of nitrogens with two attached hydrogens (primary N) is 1. The second-order valence-corrected chi connectivity index (χ2v) is 6.87. The fraction of sp³-hybridized carbons (Fsp3) is 0.188. The molecule has 0 spiro atoms. The maximum Gasteiger partial charge on any atom is 0.492 e. The molecule has 0 aliphatic heterocycles. The SMILES string of the molecule is CC(C)Oc1c(Br)cc(-c2c(C(=O)O)c(N)[nH]c(=O)c2C(=O)O)cc1B(O)O. The number of aromatic carboxylic acids is 2. The molecular weight excluding hydrogens is 439 g/mol. The predicted octanol–water partition coefficient (Wildman–Crippen LogP) is 0.250. The molecule has 0 bridgehead atoms. The van der Waals surface area contributed by atoms with E-state index in [-0.39, 0.29) is 27.4 Å². The molecule has 7 N–H and O–H groups in total. The minimum atomic E-state index is -2.02. The van der Waals surface area contributed by atoms with Gasteiger partial charge in [-0.15, -0.1) is 0 Å². The molecule has 0 saturated heterocycles. The van der Waals surface area contributed by atoms with E-state index in [2.05, 4.69) is 15.9 Å². The van der Waals surface area contributed by atoms with E-state index in [9.17, 15) is 34.6 Å². The highest BCUT2D eigenvalue weighted by molar-refractivity contribution is 9.10. The molecule has 10 nitrogen and oxygen atoms in total. The van der Waals surface area contributed by atoms with Crippen molar-refractivity contribution in [2.24, 2.45) is 0 Å². The molecule has 0 fully saturated rings. The number of halogens is 1. The van der Waals surface area contributed by atoms with E-state index in [4.69, 9.17) is 10.5 Å². The Hall–Kier alpha value is -2.83. The molecule has 2 rings (SSSR count). The van der Waals surface area contributed by atoms with E-state index in [0.717, 1.165) is 6.07 Å². The minimum absolute atomic E-state index is 0.0697. The zero-order valence-corrected chi connectivity index (χ0v) is 16.3. The molecule has 0 aliphatic carbocycles. The van der Waals surface area contributed by atoms with Crippen molar-refractivity contribution in [3.05, 3.63) is 38.1 Å². The summed E-state index contributed by atoms with van der Waals surface area (Å²) in [5.74, 6) is -3.72. The monoisotopic (exact) mass is 454 g/mol. The van der Waals surface area contributed by atoms with Crippen LogP contribution in [0.25, 0.3) is 11.1 Å². The van der Waals surface area contributed by atoms with Crippen LogP contribution >= 0.6 is 15.9 Å². The van der Waals surface area contributed by atoms with Crippen molar-refractivity contribution in [2.75, 3.05) is 5.73 Å². The first-order chi connectivity index (χ1) is 13.0. The van der Waals surface area contributed by atoms with Crippen LogP contribution in [0.2, 0.25) is 0 Å². The number of anilines is 1. The van der Waals surface area contributed by atoms with E-state index in [0.29, 0.717) is 0 Å². The van der Waals surface area contributed by atoms with E-state index < -0.39 is 47.1 Å². The van der Waals surface area contributed by atoms with Crippen LogP contribution in [0.1, 0.15) is 34.6 Å². The lowest BCUT2D eigenvalue weighted by Crippen LogP contribution is -2.33. The second-order valence-electron chi connectivity index (χ2n) is 6.02. The maximum absolute atomic E-state index is 12.1. The molecule has 12 heteroatoms. The molecule has 0 saturated carbocycles. The van der Waals surface area contributed by atoms with Gasteiger partial charge in [0.1, 0.15) is 22.7 Å². The lowest BCUT2D eigenvalue weighted by atomic mass is 9.77. The number of hydrogen-bond acceptors (Lipinski definition) is 7. The summed E-state index contributed by atoms with van der Waals surface area (Å²) in [7, 11) is -2.02. The van der Waals surface area contributed by atoms with Crippen molar-refractivity contribution in [1.82, 2.24) is 4.98 Å². The number of ether oxygens (including phenoxy) is 1. The molecular formula is C16H16BBrN2O8. The van der Waals surface area contributed by atoms with E-state index >= 15 is 0 Å². The number of carbonyl (C=O) groups is 2. The van der Waals surface area contributed by atoms with Gasteiger partial charge in [0.15, 0.2) is 0 Å². The Morgan fingerprint density at radius 3 is 2.21 bits per heavy atom. The number of carboxylic acids is 2. The summed E-state index contributed by atoms with van der Waals surface area (Å²) in [4.78, 5) is 37.4. The van der Waals surface area contributed by atoms with Gasteiger partial charge in [-0.1, -0.05) is 6.07 Å². The summed E-state index contributed by atoms with van der Waals surface area (Å²) in [5, 5.41) is 38.4. The second kappa shape index (κ2) is 8.04. The highest BCUT2D eigenvalue weighted by Gasteiger charge is 2.29. The number of rotatable bonds is 6. The van der Waals surface area contributed by atoms with Crippen LogP contribution < -0.4 is 21.5 Å². The largest absolute Gasteiger partial charge is 0.492 e. The Morgan fingerprint density at radius 2 is 1.75 bits per heavy atom. The van der Waals surface area contributed by atoms with Crippen LogP contribution in [-0.4, -0.2) is 50.4 Å². The number of pyridine rings is 1. The Labute approximate surface area is 166 Å². The van der Waals surface area contributed by atoms with Crippen molar-refractivity contribution < 1.29 is 34.6 Å². The van der Waals surface area contributed by atoms with Gasteiger partial charge in [0.05, 0.1) is 10.6 Å². The number of H-pyrrole nitrogens is 1. The van der Waals surface area contributed by atoms with Crippen molar-refractivity contribution in [2.45, 2.75) is 20.0 Å². The molecule has 2 aromatic rings. The van der Waals surface area contributed by atoms with Crippen molar-refractivity contribution in [1.29, 1.82) is 0 Å². The van der Waals surface area contributed by atoms with Crippen molar-refractivity contribution in [3.8, 4) is 16.9 Å². The van der Waals surface area contributed by atoms with Gasteiger partial charge in [-0.05, 0) is 41.4 Å². The summed E-state index contributed by atoms with van der Waals surface area (Å²) >= 11 is 3.19. The zero-order chi connectivity index (χ0) is 21.3. The normalized spacial score (nSPS) is 10.8. The Kier molecular flexibility index (Phi) is 6.17. The van der Waals surface area contributed by atoms with Crippen LogP contribution in [0, 0.1) is 0 Å². The number of benzene rings is 1. The number of aromatic nitrogens is 1. The first kappa shape index (κ1) is 21.5. The summed E-state index contributed by atoms with van der Waals surface area (Å²) in [5.41, 5.74) is 2.28. The summed E-state index contributed by atoms with van der Waals surface area (Å²) < 4.78 is 5.73. The highest BCUT2D eigenvalue weighted by Crippen LogP contribution is 2.34. The van der Waals surface area contributed by atoms with Crippen molar-refractivity contribution in [3.63, 3.8) is 0 Å². The minimum Gasteiger partial charge on any atom is -0.490 e. The van der Waals surface area contributed by atoms with Crippen LogP contribution in [0.15, 0.2) is 21.4 Å². The topological polar surface area (TPSA) is 183 Å².